The molecule has 1 unspecified atom stereocenters. The molecule has 1 fully saturated rings. The van der Waals surface area contributed by atoms with Crippen molar-refractivity contribution in [3.05, 3.63) is 83.9 Å². The number of rotatable bonds is 10. The Morgan fingerprint density at radius 3 is 2.27 bits per heavy atom. The van der Waals surface area contributed by atoms with Crippen molar-refractivity contribution in [3.63, 3.8) is 0 Å². The molecule has 1 heterocycles. The summed E-state index contributed by atoms with van der Waals surface area (Å²) < 4.78 is 5.60. The van der Waals surface area contributed by atoms with Crippen LogP contribution in [0.1, 0.15) is 49.8 Å². The van der Waals surface area contributed by atoms with Gasteiger partial charge in [-0.3, -0.25) is 14.5 Å². The second-order valence-corrected chi connectivity index (χ2v) is 10.2. The normalized spacial score (nSPS) is 14.6. The molecule has 1 atom stereocenters. The number of nitrogens with one attached hydrogen (secondary N) is 2. The summed E-state index contributed by atoms with van der Waals surface area (Å²) in [7, 11) is 1.53. The fraction of sp³-hybridized carbons (Fsp3) is 0.344. The first-order chi connectivity index (χ1) is 19.8. The fourth-order valence-electron chi connectivity index (χ4n) is 5.40. The Kier molecular flexibility index (Phi) is 9.97. The maximum absolute atomic E-state index is 13.2. The van der Waals surface area contributed by atoms with E-state index >= 15 is 0 Å². The zero-order chi connectivity index (χ0) is 29.4. The van der Waals surface area contributed by atoms with Gasteiger partial charge < -0.3 is 25.4 Å². The van der Waals surface area contributed by atoms with Crippen LogP contribution >= 0.6 is 0 Å². The Morgan fingerprint density at radius 1 is 0.976 bits per heavy atom. The van der Waals surface area contributed by atoms with Crippen molar-refractivity contribution in [1.29, 1.82) is 0 Å². The van der Waals surface area contributed by atoms with Crippen LogP contribution in [0.4, 0.5) is 21.9 Å². The zero-order valence-corrected chi connectivity index (χ0v) is 23.8. The number of ether oxygens (including phenoxy) is 1. The van der Waals surface area contributed by atoms with Gasteiger partial charge in [-0.25, -0.2) is 4.79 Å². The van der Waals surface area contributed by atoms with E-state index in [4.69, 9.17) is 4.74 Å². The average Bonchev–Trinajstić information content (AvgIpc) is 2.98. The standard InChI is InChI=1S/C32H38N4O5/c1-4-30(37)36(24-16-18-35(19-17-24)28(21-31(38)39)23-11-6-5-7-12-23)25-14-15-27(29(20-25)41-3)34-32(40)33-26-13-9-8-10-22(26)2/h5-15,20,24,28H,4,16-19,21H2,1-3H3,(H,38,39)(H2,33,34,40). The van der Waals surface area contributed by atoms with Gasteiger partial charge in [0.15, 0.2) is 0 Å². The Morgan fingerprint density at radius 2 is 1.63 bits per heavy atom. The molecule has 3 N–H and O–H groups in total. The van der Waals surface area contributed by atoms with E-state index in [0.717, 1.165) is 11.1 Å². The highest BCUT2D eigenvalue weighted by Gasteiger charge is 2.32. The Labute approximate surface area is 241 Å². The molecule has 9 heteroatoms. The van der Waals surface area contributed by atoms with Gasteiger partial charge in [-0.2, -0.15) is 0 Å². The number of carboxylic acids is 1. The van der Waals surface area contributed by atoms with Crippen LogP contribution in [0, 0.1) is 6.92 Å². The van der Waals surface area contributed by atoms with E-state index in [0.29, 0.717) is 55.2 Å². The molecule has 0 saturated carbocycles. The van der Waals surface area contributed by atoms with Crippen LogP contribution in [0.15, 0.2) is 72.8 Å². The summed E-state index contributed by atoms with van der Waals surface area (Å²) >= 11 is 0. The highest BCUT2D eigenvalue weighted by Crippen LogP contribution is 2.35. The minimum atomic E-state index is -0.836. The van der Waals surface area contributed by atoms with Crippen molar-refractivity contribution >= 4 is 35.0 Å². The molecule has 3 aromatic carbocycles. The molecule has 0 aromatic heterocycles. The number of methoxy groups -OCH3 is 1. The Hall–Kier alpha value is -4.37. The number of carboxylic acid groups (broad SMARTS) is 1. The number of likely N-dealkylation sites (tertiary alicyclic amines) is 1. The number of piperidine rings is 1. The number of aliphatic carboxylic acids is 1. The molecule has 216 valence electrons. The lowest BCUT2D eigenvalue weighted by Gasteiger charge is -2.41. The summed E-state index contributed by atoms with van der Waals surface area (Å²) in [6.45, 7) is 5.09. The van der Waals surface area contributed by atoms with E-state index in [1.54, 1.807) is 12.1 Å². The topological polar surface area (TPSA) is 111 Å². The second-order valence-electron chi connectivity index (χ2n) is 10.2. The molecule has 0 aliphatic carbocycles. The third kappa shape index (κ3) is 7.43. The van der Waals surface area contributed by atoms with Crippen molar-refractivity contribution in [1.82, 2.24) is 4.90 Å². The van der Waals surface area contributed by atoms with Crippen LogP contribution < -0.4 is 20.3 Å². The zero-order valence-electron chi connectivity index (χ0n) is 23.8. The minimum absolute atomic E-state index is 0.00588. The predicted octanol–water partition coefficient (Wildman–Crippen LogP) is 6.07. The highest BCUT2D eigenvalue weighted by atomic mass is 16.5. The van der Waals surface area contributed by atoms with Crippen molar-refractivity contribution in [2.75, 3.05) is 35.7 Å². The van der Waals surface area contributed by atoms with Gasteiger partial charge in [-0.1, -0.05) is 55.5 Å². The number of nitrogens with zero attached hydrogens (tertiary/aromatic N) is 2. The van der Waals surface area contributed by atoms with E-state index < -0.39 is 12.0 Å². The van der Waals surface area contributed by atoms with E-state index in [2.05, 4.69) is 15.5 Å². The van der Waals surface area contributed by atoms with Crippen LogP contribution in [-0.4, -0.2) is 54.2 Å². The van der Waals surface area contributed by atoms with Gasteiger partial charge in [0.05, 0.1) is 19.2 Å². The molecule has 1 saturated heterocycles. The molecular weight excluding hydrogens is 520 g/mol. The maximum Gasteiger partial charge on any atom is 0.323 e. The molecule has 1 aliphatic heterocycles. The summed E-state index contributed by atoms with van der Waals surface area (Å²) in [5, 5.41) is 15.3. The summed E-state index contributed by atoms with van der Waals surface area (Å²) in [6, 6.07) is 21.9. The summed E-state index contributed by atoms with van der Waals surface area (Å²) in [4.78, 5) is 41.6. The number of hydrogen-bond donors (Lipinski definition) is 3. The van der Waals surface area contributed by atoms with Gasteiger partial charge in [0, 0.05) is 49.0 Å². The lowest BCUT2D eigenvalue weighted by Crippen LogP contribution is -2.48. The van der Waals surface area contributed by atoms with Gasteiger partial charge >= 0.3 is 12.0 Å². The number of anilines is 3. The van der Waals surface area contributed by atoms with Gasteiger partial charge in [0.2, 0.25) is 5.91 Å². The number of aryl methyl sites for hydroxylation is 1. The third-order valence-electron chi connectivity index (χ3n) is 7.53. The predicted molar refractivity (Wildman–Crippen MR) is 161 cm³/mol. The molecule has 0 radical (unpaired) electrons. The lowest BCUT2D eigenvalue weighted by atomic mass is 9.96. The molecule has 9 nitrogen and oxygen atoms in total. The number of carbonyl (C=O) groups is 3. The Balaban J connectivity index is 1.49. The molecule has 4 rings (SSSR count). The summed E-state index contributed by atoms with van der Waals surface area (Å²) in [5.74, 6) is -0.398. The van der Waals surface area contributed by atoms with E-state index in [9.17, 15) is 19.5 Å². The SMILES string of the molecule is CCC(=O)N(c1ccc(NC(=O)Nc2ccccc2C)c(OC)c1)C1CCN(C(CC(=O)O)c2ccccc2)CC1. The van der Waals surface area contributed by atoms with Crippen LogP contribution in [0.2, 0.25) is 0 Å². The fourth-order valence-corrected chi connectivity index (χ4v) is 5.40. The number of para-hydroxylation sites is 1. The number of benzene rings is 3. The minimum Gasteiger partial charge on any atom is -0.494 e. The number of urea groups is 1. The molecule has 41 heavy (non-hydrogen) atoms. The lowest BCUT2D eigenvalue weighted by molar-refractivity contribution is -0.138. The van der Waals surface area contributed by atoms with Gasteiger partial charge in [0.25, 0.3) is 0 Å². The molecule has 0 bridgehead atoms. The van der Waals surface area contributed by atoms with Crippen molar-refractivity contribution in [2.45, 2.75) is 51.6 Å². The van der Waals surface area contributed by atoms with E-state index in [1.165, 1.54) is 7.11 Å². The number of hydrogen-bond acceptors (Lipinski definition) is 5. The van der Waals surface area contributed by atoms with Gasteiger partial charge in [-0.05, 0) is 49.1 Å². The first kappa shape index (κ1) is 29.6. The first-order valence-electron chi connectivity index (χ1n) is 13.9. The quantitative estimate of drug-likeness (QED) is 0.279. The summed E-state index contributed by atoms with van der Waals surface area (Å²) in [5.41, 5.74) is 3.82. The number of carbonyl (C=O) groups excluding carboxylic acids is 2. The van der Waals surface area contributed by atoms with Crippen LogP contribution in [0.5, 0.6) is 5.75 Å². The molecule has 1 aliphatic rings. The largest absolute Gasteiger partial charge is 0.494 e. The molecular formula is C32H38N4O5. The van der Waals surface area contributed by atoms with E-state index in [1.807, 2.05) is 79.4 Å². The monoisotopic (exact) mass is 558 g/mol. The second kappa shape index (κ2) is 13.8. The van der Waals surface area contributed by atoms with Gasteiger partial charge in [-0.15, -0.1) is 0 Å². The third-order valence-corrected chi connectivity index (χ3v) is 7.53. The van der Waals surface area contributed by atoms with Gasteiger partial charge in [0.1, 0.15) is 5.75 Å². The van der Waals surface area contributed by atoms with Crippen LogP contribution in [0.3, 0.4) is 0 Å². The van der Waals surface area contributed by atoms with Crippen LogP contribution in [0.25, 0.3) is 0 Å². The van der Waals surface area contributed by atoms with Crippen LogP contribution in [-0.2, 0) is 9.59 Å². The van der Waals surface area contributed by atoms with E-state index in [-0.39, 0.29) is 24.4 Å². The van der Waals surface area contributed by atoms with Crippen molar-refractivity contribution in [2.24, 2.45) is 0 Å². The molecule has 0 spiro atoms. The Bertz CT molecular complexity index is 1360. The first-order valence-corrected chi connectivity index (χ1v) is 13.9. The maximum atomic E-state index is 13.2. The molecule has 3 amide bonds. The smallest absolute Gasteiger partial charge is 0.323 e. The van der Waals surface area contributed by atoms with Crippen molar-refractivity contribution in [3.8, 4) is 5.75 Å². The van der Waals surface area contributed by atoms with Crippen molar-refractivity contribution < 1.29 is 24.2 Å². The highest BCUT2D eigenvalue weighted by molar-refractivity contribution is 6.01. The summed E-state index contributed by atoms with van der Waals surface area (Å²) in [6.07, 6.45) is 1.77. The average molecular weight is 559 g/mol. The molecule has 3 aromatic rings. The number of amides is 3.